The second-order valence-corrected chi connectivity index (χ2v) is 13.8. The number of rotatable bonds is 2. The summed E-state index contributed by atoms with van der Waals surface area (Å²) < 4.78 is 10.7. The molecule has 4 aliphatic rings. The Morgan fingerprint density at radius 2 is 1.57 bits per heavy atom. The third-order valence-electron chi connectivity index (χ3n) is 12.2. The largest absolute Gasteiger partial charge is 0.504 e. The summed E-state index contributed by atoms with van der Waals surface area (Å²) in [6.45, 7) is 12.8. The fourth-order valence-electron chi connectivity index (χ4n) is 9.59. The Kier molecular flexibility index (Phi) is 5.55. The lowest BCUT2D eigenvalue weighted by Crippen LogP contribution is -2.68. The van der Waals surface area contributed by atoms with Gasteiger partial charge in [-0.2, -0.15) is 0 Å². The number of Topliss-reactive ketones (excluding diaryl/α,β-unsaturated/α-hetero) is 2. The number of carbonyl (C=O) groups is 3. The Balaban J connectivity index is 1.67. The van der Waals surface area contributed by atoms with Crippen molar-refractivity contribution in [2.24, 2.45) is 33.5 Å². The zero-order valence-electron chi connectivity index (χ0n) is 23.7. The lowest BCUT2D eigenvalue weighted by molar-refractivity contribution is -0.211. The highest BCUT2D eigenvalue weighted by atomic mass is 16.5. The quantitative estimate of drug-likeness (QED) is 0.392. The second-order valence-electron chi connectivity index (χ2n) is 13.8. The minimum Gasteiger partial charge on any atom is -0.504 e. The number of phenolic OH excluding ortho intramolecular Hbond substituents is 1. The first-order valence-corrected chi connectivity index (χ1v) is 13.7. The van der Waals surface area contributed by atoms with E-state index in [0.717, 1.165) is 50.5 Å². The average molecular weight is 511 g/mol. The molecule has 5 rings (SSSR count). The second kappa shape index (κ2) is 7.83. The summed E-state index contributed by atoms with van der Waals surface area (Å²) >= 11 is 0. The fourth-order valence-corrected chi connectivity index (χ4v) is 9.59. The number of hydrogen-bond acceptors (Lipinski definition) is 6. The molecule has 0 aliphatic heterocycles. The van der Waals surface area contributed by atoms with Gasteiger partial charge in [0.2, 0.25) is 11.6 Å². The molecule has 1 aromatic carbocycles. The number of carbonyl (C=O) groups excluding carboxylic acids is 3. The van der Waals surface area contributed by atoms with Crippen LogP contribution in [-0.2, 0) is 19.7 Å². The van der Waals surface area contributed by atoms with Gasteiger partial charge in [-0.15, -0.1) is 0 Å². The van der Waals surface area contributed by atoms with Gasteiger partial charge in [-0.05, 0) is 92.6 Å². The van der Waals surface area contributed by atoms with Crippen LogP contribution in [0.15, 0.2) is 6.07 Å². The van der Waals surface area contributed by atoms with Crippen LogP contribution in [0.25, 0.3) is 0 Å². The number of hydrogen-bond donors (Lipinski definition) is 1. The smallest absolute Gasteiger partial charge is 0.311 e. The van der Waals surface area contributed by atoms with Crippen molar-refractivity contribution in [3.05, 3.63) is 22.8 Å². The number of esters is 1. The Morgan fingerprint density at radius 1 is 0.946 bits per heavy atom. The molecule has 202 valence electrons. The molecule has 3 saturated carbocycles. The van der Waals surface area contributed by atoms with Crippen LogP contribution in [0.5, 0.6) is 11.5 Å². The van der Waals surface area contributed by atoms with E-state index in [-0.39, 0.29) is 34.2 Å². The third kappa shape index (κ3) is 3.07. The Labute approximate surface area is 220 Å². The molecule has 3 fully saturated rings. The lowest BCUT2D eigenvalue weighted by Gasteiger charge is -2.71. The van der Waals surface area contributed by atoms with Crippen molar-refractivity contribution in [1.29, 1.82) is 0 Å². The predicted octanol–water partition coefficient (Wildman–Crippen LogP) is 5.93. The van der Waals surface area contributed by atoms with E-state index in [9.17, 15) is 19.5 Å². The van der Waals surface area contributed by atoms with Crippen molar-refractivity contribution in [3.8, 4) is 11.5 Å². The monoisotopic (exact) mass is 510 g/mol. The zero-order chi connectivity index (χ0) is 27.3. The molecular weight excluding hydrogens is 468 g/mol. The molecule has 2 unspecified atom stereocenters. The summed E-state index contributed by atoms with van der Waals surface area (Å²) in [5.41, 5.74) is -0.0365. The molecule has 6 nitrogen and oxygen atoms in total. The van der Waals surface area contributed by atoms with Crippen molar-refractivity contribution in [2.75, 3.05) is 14.2 Å². The number of methoxy groups -OCH3 is 2. The zero-order valence-corrected chi connectivity index (χ0v) is 23.7. The standard InChI is InChI=1S/C31H42O6/c1-17-21-18(15-19(36-7)22(17)32)29(4)12-14-30(5)20-16-28(3,26(35)37-8)10-9-27(20,2)11-13-31(30,6)25(29)24(34)23(21)33/h15,20,25,32H,9-14,16H2,1-8H3/t20?,25?,27-,28-,29+,30+,31-/m1/s1. The van der Waals surface area contributed by atoms with Gasteiger partial charge >= 0.3 is 5.97 Å². The maximum absolute atomic E-state index is 14.1. The van der Waals surface area contributed by atoms with E-state index in [2.05, 4.69) is 27.7 Å². The van der Waals surface area contributed by atoms with Crippen molar-refractivity contribution in [3.63, 3.8) is 0 Å². The Hall–Kier alpha value is -2.37. The first-order valence-electron chi connectivity index (χ1n) is 13.7. The summed E-state index contributed by atoms with van der Waals surface area (Å²) in [7, 11) is 2.98. The molecule has 0 aromatic heterocycles. The molecule has 37 heavy (non-hydrogen) atoms. The fraction of sp³-hybridized carbons (Fsp3) is 0.710. The molecular formula is C31H42O6. The highest BCUT2D eigenvalue weighted by molar-refractivity contribution is 6.46. The number of ether oxygens (including phenoxy) is 2. The van der Waals surface area contributed by atoms with Gasteiger partial charge in [-0.25, -0.2) is 0 Å². The summed E-state index contributed by atoms with van der Waals surface area (Å²) in [5, 5.41) is 10.7. The summed E-state index contributed by atoms with van der Waals surface area (Å²) in [6.07, 6.45) is 6.01. The van der Waals surface area contributed by atoms with Crippen LogP contribution in [0.3, 0.4) is 0 Å². The molecule has 0 radical (unpaired) electrons. The third-order valence-corrected chi connectivity index (χ3v) is 12.2. The summed E-state index contributed by atoms with van der Waals surface area (Å²) in [4.78, 5) is 40.7. The van der Waals surface area contributed by atoms with Gasteiger partial charge in [0.25, 0.3) is 0 Å². The van der Waals surface area contributed by atoms with E-state index in [0.29, 0.717) is 16.9 Å². The van der Waals surface area contributed by atoms with Crippen LogP contribution >= 0.6 is 0 Å². The molecule has 0 saturated heterocycles. The highest BCUT2D eigenvalue weighted by Crippen LogP contribution is 2.75. The molecule has 4 aliphatic carbocycles. The maximum atomic E-state index is 14.1. The van der Waals surface area contributed by atoms with E-state index < -0.39 is 27.9 Å². The number of benzene rings is 1. The van der Waals surface area contributed by atoms with E-state index in [1.807, 2.05) is 6.92 Å². The van der Waals surface area contributed by atoms with Gasteiger partial charge in [0, 0.05) is 22.5 Å². The molecule has 0 bridgehead atoms. The first-order chi connectivity index (χ1) is 17.1. The molecule has 0 heterocycles. The normalized spacial score (nSPS) is 42.7. The van der Waals surface area contributed by atoms with Crippen LogP contribution in [0.1, 0.15) is 101 Å². The highest BCUT2D eigenvalue weighted by Gasteiger charge is 2.71. The lowest BCUT2D eigenvalue weighted by atomic mass is 9.32. The van der Waals surface area contributed by atoms with Gasteiger partial charge < -0.3 is 14.6 Å². The van der Waals surface area contributed by atoms with Crippen LogP contribution in [-0.4, -0.2) is 36.9 Å². The number of phenols is 1. The average Bonchev–Trinajstić information content (AvgIpc) is 2.86. The van der Waals surface area contributed by atoms with Crippen LogP contribution in [0, 0.1) is 40.4 Å². The minimum absolute atomic E-state index is 0.0750. The summed E-state index contributed by atoms with van der Waals surface area (Å²) in [5.74, 6) is -0.930. The van der Waals surface area contributed by atoms with E-state index in [4.69, 9.17) is 9.47 Å². The Morgan fingerprint density at radius 3 is 2.19 bits per heavy atom. The molecule has 1 N–H and O–H groups in total. The molecule has 1 aromatic rings. The van der Waals surface area contributed by atoms with Gasteiger partial charge in [-0.1, -0.05) is 27.7 Å². The number of fused-ring (bicyclic) bond motifs is 7. The number of ketones is 2. The summed E-state index contributed by atoms with van der Waals surface area (Å²) in [6, 6.07) is 1.79. The topological polar surface area (TPSA) is 89.9 Å². The van der Waals surface area contributed by atoms with E-state index >= 15 is 0 Å². The van der Waals surface area contributed by atoms with E-state index in [1.165, 1.54) is 14.2 Å². The van der Waals surface area contributed by atoms with Gasteiger partial charge in [-0.3, -0.25) is 14.4 Å². The van der Waals surface area contributed by atoms with Crippen LogP contribution in [0.4, 0.5) is 0 Å². The Bertz CT molecular complexity index is 1220. The number of aromatic hydroxyl groups is 1. The van der Waals surface area contributed by atoms with Crippen LogP contribution < -0.4 is 4.74 Å². The predicted molar refractivity (Wildman–Crippen MR) is 140 cm³/mol. The van der Waals surface area contributed by atoms with Crippen molar-refractivity contribution in [1.82, 2.24) is 0 Å². The first kappa shape index (κ1) is 26.2. The van der Waals surface area contributed by atoms with Crippen molar-refractivity contribution in [2.45, 2.75) is 91.9 Å². The van der Waals surface area contributed by atoms with Gasteiger partial charge in [0.05, 0.1) is 19.6 Å². The SMILES string of the molecule is COC(=O)[C@]1(C)CC[C@]2(C)CC[C@]3(C)C4C(=O)C(=O)c5c(cc(OC)c(O)c5C)[C@]4(C)CC[C@@]3(C)C2C1. The van der Waals surface area contributed by atoms with E-state index in [1.54, 1.807) is 13.0 Å². The molecule has 6 heteroatoms. The van der Waals surface area contributed by atoms with Crippen LogP contribution in [0.2, 0.25) is 0 Å². The maximum Gasteiger partial charge on any atom is 0.311 e. The van der Waals surface area contributed by atoms with Crippen molar-refractivity contribution >= 4 is 17.5 Å². The molecule has 0 spiro atoms. The minimum atomic E-state index is -0.547. The van der Waals surface area contributed by atoms with Gasteiger partial charge in [0.15, 0.2) is 11.5 Å². The molecule has 0 amide bonds. The van der Waals surface area contributed by atoms with Gasteiger partial charge in [0.1, 0.15) is 0 Å². The van der Waals surface area contributed by atoms with Crippen molar-refractivity contribution < 1.29 is 29.0 Å². The molecule has 7 atom stereocenters.